The van der Waals surface area contributed by atoms with Crippen molar-refractivity contribution in [3.63, 3.8) is 0 Å². The molecule has 2 nitrogen and oxygen atoms in total. The standard InChI is InChI=1S/C14H20N2/c15-10-12-5-3-4-11-8-9-16(14(11)12)13-6-1-2-7-13/h3-5,13H,1-2,6-10,15H2. The molecule has 1 aliphatic heterocycles. The van der Waals surface area contributed by atoms with Gasteiger partial charge < -0.3 is 10.6 Å². The highest BCUT2D eigenvalue weighted by molar-refractivity contribution is 5.64. The zero-order valence-electron chi connectivity index (χ0n) is 9.78. The Morgan fingerprint density at radius 2 is 2.06 bits per heavy atom. The summed E-state index contributed by atoms with van der Waals surface area (Å²) in [6.45, 7) is 1.88. The minimum atomic E-state index is 0.673. The van der Waals surface area contributed by atoms with Crippen molar-refractivity contribution in [1.29, 1.82) is 0 Å². The van der Waals surface area contributed by atoms with Gasteiger partial charge in [0, 0.05) is 24.8 Å². The molecule has 0 spiro atoms. The lowest BCUT2D eigenvalue weighted by atomic mass is 10.1. The lowest BCUT2D eigenvalue weighted by Gasteiger charge is -2.28. The van der Waals surface area contributed by atoms with E-state index in [9.17, 15) is 0 Å². The summed E-state index contributed by atoms with van der Waals surface area (Å²) in [6.07, 6.45) is 6.76. The van der Waals surface area contributed by atoms with Crippen molar-refractivity contribution in [2.75, 3.05) is 11.4 Å². The average molecular weight is 216 g/mol. The number of benzene rings is 1. The summed E-state index contributed by atoms with van der Waals surface area (Å²) in [5, 5.41) is 0. The minimum Gasteiger partial charge on any atom is -0.368 e. The van der Waals surface area contributed by atoms with Crippen LogP contribution >= 0.6 is 0 Å². The fourth-order valence-electron chi connectivity index (χ4n) is 3.31. The van der Waals surface area contributed by atoms with E-state index >= 15 is 0 Å². The van der Waals surface area contributed by atoms with Crippen LogP contribution in [-0.2, 0) is 13.0 Å². The second kappa shape index (κ2) is 4.10. The van der Waals surface area contributed by atoms with Crippen molar-refractivity contribution in [2.45, 2.75) is 44.7 Å². The Morgan fingerprint density at radius 1 is 1.25 bits per heavy atom. The SMILES string of the molecule is NCc1cccc2c1N(C1CCCC1)CC2. The first-order valence-corrected chi connectivity index (χ1v) is 6.47. The van der Waals surface area contributed by atoms with Gasteiger partial charge in [-0.15, -0.1) is 0 Å². The number of hydrogen-bond donors (Lipinski definition) is 1. The Bertz CT molecular complexity index is 380. The first kappa shape index (κ1) is 10.2. The first-order chi connectivity index (χ1) is 7.90. The van der Waals surface area contributed by atoms with E-state index in [2.05, 4.69) is 23.1 Å². The zero-order valence-corrected chi connectivity index (χ0v) is 9.78. The molecule has 2 heteroatoms. The predicted molar refractivity (Wildman–Crippen MR) is 67.6 cm³/mol. The lowest BCUT2D eigenvalue weighted by Crippen LogP contribution is -2.32. The van der Waals surface area contributed by atoms with Crippen LogP contribution in [0.25, 0.3) is 0 Å². The Morgan fingerprint density at radius 3 is 2.81 bits per heavy atom. The van der Waals surface area contributed by atoms with Crippen LogP contribution in [0.15, 0.2) is 18.2 Å². The van der Waals surface area contributed by atoms with Crippen LogP contribution in [0, 0.1) is 0 Å². The molecular formula is C14H20N2. The summed E-state index contributed by atoms with van der Waals surface area (Å²) in [7, 11) is 0. The largest absolute Gasteiger partial charge is 0.368 e. The van der Waals surface area contributed by atoms with Gasteiger partial charge in [0.2, 0.25) is 0 Å². The molecule has 2 aliphatic rings. The van der Waals surface area contributed by atoms with E-state index in [0.717, 1.165) is 6.04 Å². The smallest absolute Gasteiger partial charge is 0.0447 e. The molecule has 3 rings (SSSR count). The van der Waals surface area contributed by atoms with Gasteiger partial charge in [-0.1, -0.05) is 31.0 Å². The van der Waals surface area contributed by atoms with Crippen LogP contribution in [0.1, 0.15) is 36.8 Å². The second-order valence-corrected chi connectivity index (χ2v) is 5.01. The van der Waals surface area contributed by atoms with Crippen molar-refractivity contribution < 1.29 is 0 Å². The number of fused-ring (bicyclic) bond motifs is 1. The number of rotatable bonds is 2. The number of nitrogens with zero attached hydrogens (tertiary/aromatic N) is 1. The van der Waals surface area contributed by atoms with Gasteiger partial charge in [-0.05, 0) is 30.4 Å². The molecule has 16 heavy (non-hydrogen) atoms. The fourth-order valence-corrected chi connectivity index (χ4v) is 3.31. The molecule has 0 aromatic heterocycles. The number of hydrogen-bond acceptors (Lipinski definition) is 2. The Kier molecular flexibility index (Phi) is 2.60. The molecule has 0 unspecified atom stereocenters. The molecule has 1 aromatic rings. The maximum absolute atomic E-state index is 5.86. The fraction of sp³-hybridized carbons (Fsp3) is 0.571. The molecular weight excluding hydrogens is 196 g/mol. The summed E-state index contributed by atoms with van der Waals surface area (Å²) in [4.78, 5) is 2.63. The van der Waals surface area contributed by atoms with Crippen LogP contribution in [-0.4, -0.2) is 12.6 Å². The Balaban J connectivity index is 1.96. The quantitative estimate of drug-likeness (QED) is 0.822. The third-order valence-corrected chi connectivity index (χ3v) is 4.10. The van der Waals surface area contributed by atoms with Gasteiger partial charge in [-0.3, -0.25) is 0 Å². The minimum absolute atomic E-state index is 0.673. The summed E-state index contributed by atoms with van der Waals surface area (Å²) < 4.78 is 0. The van der Waals surface area contributed by atoms with Crippen LogP contribution in [0.3, 0.4) is 0 Å². The van der Waals surface area contributed by atoms with Gasteiger partial charge in [0.05, 0.1) is 0 Å². The molecule has 0 bridgehead atoms. The van der Waals surface area contributed by atoms with E-state index in [4.69, 9.17) is 5.73 Å². The van der Waals surface area contributed by atoms with Gasteiger partial charge in [0.15, 0.2) is 0 Å². The first-order valence-electron chi connectivity index (χ1n) is 6.47. The maximum Gasteiger partial charge on any atom is 0.0447 e. The number of nitrogens with two attached hydrogens (primary N) is 1. The molecule has 1 aliphatic carbocycles. The summed E-state index contributed by atoms with van der Waals surface area (Å²) in [6, 6.07) is 7.39. The van der Waals surface area contributed by atoms with Crippen molar-refractivity contribution in [3.05, 3.63) is 29.3 Å². The second-order valence-electron chi connectivity index (χ2n) is 5.01. The molecule has 2 N–H and O–H groups in total. The Labute approximate surface area is 97.4 Å². The van der Waals surface area contributed by atoms with E-state index in [0.29, 0.717) is 6.54 Å². The number of para-hydroxylation sites is 1. The molecule has 0 amide bonds. The van der Waals surface area contributed by atoms with Crippen molar-refractivity contribution >= 4 is 5.69 Å². The van der Waals surface area contributed by atoms with Gasteiger partial charge in [-0.2, -0.15) is 0 Å². The van der Waals surface area contributed by atoms with E-state index < -0.39 is 0 Å². The van der Waals surface area contributed by atoms with Crippen LogP contribution in [0.2, 0.25) is 0 Å². The molecule has 1 saturated carbocycles. The van der Waals surface area contributed by atoms with Crippen LogP contribution < -0.4 is 10.6 Å². The number of anilines is 1. The topological polar surface area (TPSA) is 29.3 Å². The summed E-state index contributed by atoms with van der Waals surface area (Å²) in [5.74, 6) is 0. The van der Waals surface area contributed by atoms with E-state index in [-0.39, 0.29) is 0 Å². The molecule has 86 valence electrons. The third kappa shape index (κ3) is 1.52. The van der Waals surface area contributed by atoms with Gasteiger partial charge in [0.25, 0.3) is 0 Å². The van der Waals surface area contributed by atoms with Gasteiger partial charge in [0.1, 0.15) is 0 Å². The molecule has 1 aromatic carbocycles. The zero-order chi connectivity index (χ0) is 11.0. The maximum atomic E-state index is 5.86. The van der Waals surface area contributed by atoms with Gasteiger partial charge in [-0.25, -0.2) is 0 Å². The predicted octanol–water partition coefficient (Wildman–Crippen LogP) is 2.45. The highest BCUT2D eigenvalue weighted by Crippen LogP contribution is 2.37. The highest BCUT2D eigenvalue weighted by Gasteiger charge is 2.29. The molecule has 0 saturated heterocycles. The molecule has 0 radical (unpaired) electrons. The Hall–Kier alpha value is -1.02. The third-order valence-electron chi connectivity index (χ3n) is 4.10. The van der Waals surface area contributed by atoms with Crippen molar-refractivity contribution in [1.82, 2.24) is 0 Å². The van der Waals surface area contributed by atoms with Crippen LogP contribution in [0.5, 0.6) is 0 Å². The molecule has 1 heterocycles. The molecule has 0 atom stereocenters. The van der Waals surface area contributed by atoms with E-state index in [1.807, 2.05) is 0 Å². The van der Waals surface area contributed by atoms with Crippen molar-refractivity contribution in [2.24, 2.45) is 5.73 Å². The van der Waals surface area contributed by atoms with Gasteiger partial charge >= 0.3 is 0 Å². The van der Waals surface area contributed by atoms with E-state index in [1.54, 1.807) is 0 Å². The monoisotopic (exact) mass is 216 g/mol. The molecule has 1 fully saturated rings. The van der Waals surface area contributed by atoms with E-state index in [1.165, 1.54) is 55.5 Å². The van der Waals surface area contributed by atoms with Crippen LogP contribution in [0.4, 0.5) is 5.69 Å². The average Bonchev–Trinajstić information content (AvgIpc) is 2.96. The lowest BCUT2D eigenvalue weighted by molar-refractivity contribution is 0.623. The summed E-state index contributed by atoms with van der Waals surface area (Å²) >= 11 is 0. The normalized spacial score (nSPS) is 20.4. The summed E-state index contributed by atoms with van der Waals surface area (Å²) in [5.41, 5.74) is 10.2. The highest BCUT2D eigenvalue weighted by atomic mass is 15.2. The van der Waals surface area contributed by atoms with Crippen molar-refractivity contribution in [3.8, 4) is 0 Å².